The molecule has 2 aromatic carbocycles. The predicted molar refractivity (Wildman–Crippen MR) is 101 cm³/mol. The minimum absolute atomic E-state index is 0.0555. The third kappa shape index (κ3) is 2.96. The van der Waals surface area contributed by atoms with Gasteiger partial charge in [0.15, 0.2) is 0 Å². The molecular formula is C20H16F2N6. The van der Waals surface area contributed by atoms with Gasteiger partial charge in [-0.05, 0) is 43.2 Å². The van der Waals surface area contributed by atoms with E-state index in [1.807, 2.05) is 4.90 Å². The third-order valence-corrected chi connectivity index (χ3v) is 4.96. The van der Waals surface area contributed by atoms with E-state index in [0.29, 0.717) is 22.7 Å². The Morgan fingerprint density at radius 2 is 1.93 bits per heavy atom. The molecule has 1 aliphatic rings. The van der Waals surface area contributed by atoms with Crippen molar-refractivity contribution in [3.8, 4) is 11.3 Å². The second kappa shape index (κ2) is 6.63. The maximum Gasteiger partial charge on any atom is 0.246 e. The van der Waals surface area contributed by atoms with E-state index in [-0.39, 0.29) is 17.7 Å². The zero-order chi connectivity index (χ0) is 19.1. The first-order chi connectivity index (χ1) is 13.7. The van der Waals surface area contributed by atoms with Crippen molar-refractivity contribution in [3.05, 3.63) is 66.1 Å². The molecule has 140 valence electrons. The fourth-order valence-electron chi connectivity index (χ4n) is 3.65. The summed E-state index contributed by atoms with van der Waals surface area (Å²) in [5.41, 5.74) is 2.58. The molecule has 28 heavy (non-hydrogen) atoms. The Morgan fingerprint density at radius 3 is 2.82 bits per heavy atom. The van der Waals surface area contributed by atoms with Crippen molar-refractivity contribution in [2.45, 2.75) is 18.9 Å². The van der Waals surface area contributed by atoms with Gasteiger partial charge in [0.05, 0.1) is 29.0 Å². The van der Waals surface area contributed by atoms with E-state index in [2.05, 4.69) is 25.1 Å². The fraction of sp³-hybridized carbons (Fsp3) is 0.200. The number of aromatic amines is 1. The first-order valence-electron chi connectivity index (χ1n) is 9.05. The molecule has 0 spiro atoms. The number of nitrogens with zero attached hydrogens (tertiary/aromatic N) is 5. The van der Waals surface area contributed by atoms with Gasteiger partial charge in [0.1, 0.15) is 17.5 Å². The number of hydrogen-bond donors (Lipinski definition) is 1. The molecule has 1 fully saturated rings. The number of benzene rings is 2. The Labute approximate surface area is 159 Å². The van der Waals surface area contributed by atoms with Crippen LogP contribution in [0.5, 0.6) is 0 Å². The number of anilines is 1. The first-order valence-corrected chi connectivity index (χ1v) is 9.05. The SMILES string of the molecule is Fc1cccc(-c2cnnc(N3CCC[C@H]3c3nc4ccc(F)cc4[nH]3)n2)c1. The van der Waals surface area contributed by atoms with Gasteiger partial charge in [0.2, 0.25) is 5.95 Å². The largest absolute Gasteiger partial charge is 0.340 e. The molecule has 4 aromatic rings. The number of hydrogen-bond acceptors (Lipinski definition) is 5. The standard InChI is InChI=1S/C20H16F2N6/c21-13-4-1-3-12(9-13)17-11-23-27-20(26-17)28-8-2-5-18(28)19-24-15-7-6-14(22)10-16(15)25-19/h1,3-4,6-7,9-11,18H,2,5,8H2,(H,24,25)/t18-/m0/s1. The van der Waals surface area contributed by atoms with Gasteiger partial charge >= 0.3 is 0 Å². The van der Waals surface area contributed by atoms with Gasteiger partial charge in [0.25, 0.3) is 0 Å². The molecule has 0 radical (unpaired) electrons. The van der Waals surface area contributed by atoms with E-state index >= 15 is 0 Å². The summed E-state index contributed by atoms with van der Waals surface area (Å²) in [6, 6.07) is 10.7. The van der Waals surface area contributed by atoms with Gasteiger partial charge < -0.3 is 9.88 Å². The minimum atomic E-state index is -0.328. The summed E-state index contributed by atoms with van der Waals surface area (Å²) in [5.74, 6) is 0.585. The molecule has 0 aliphatic carbocycles. The Hall–Kier alpha value is -3.42. The molecule has 1 atom stereocenters. The van der Waals surface area contributed by atoms with Crippen molar-refractivity contribution in [2.24, 2.45) is 0 Å². The fourth-order valence-corrected chi connectivity index (χ4v) is 3.65. The number of imidazole rings is 1. The van der Waals surface area contributed by atoms with Crippen LogP contribution in [0, 0.1) is 11.6 Å². The maximum absolute atomic E-state index is 13.6. The van der Waals surface area contributed by atoms with E-state index in [0.717, 1.165) is 30.7 Å². The van der Waals surface area contributed by atoms with Crippen LogP contribution < -0.4 is 4.90 Å². The van der Waals surface area contributed by atoms with Crippen LogP contribution in [0.15, 0.2) is 48.7 Å². The Kier molecular flexibility index (Phi) is 3.96. The minimum Gasteiger partial charge on any atom is -0.340 e. The van der Waals surface area contributed by atoms with Crippen LogP contribution in [0.25, 0.3) is 22.3 Å². The van der Waals surface area contributed by atoms with Crippen LogP contribution in [-0.4, -0.2) is 31.7 Å². The van der Waals surface area contributed by atoms with E-state index in [4.69, 9.17) is 0 Å². The average Bonchev–Trinajstić information content (AvgIpc) is 3.34. The molecule has 1 aliphatic heterocycles. The number of halogens is 2. The van der Waals surface area contributed by atoms with Gasteiger partial charge in [0, 0.05) is 12.1 Å². The molecule has 5 rings (SSSR count). The number of fused-ring (bicyclic) bond motifs is 1. The molecule has 6 nitrogen and oxygen atoms in total. The molecule has 1 saturated heterocycles. The Balaban J connectivity index is 1.50. The maximum atomic E-state index is 13.6. The quantitative estimate of drug-likeness (QED) is 0.583. The van der Waals surface area contributed by atoms with E-state index in [9.17, 15) is 8.78 Å². The predicted octanol–water partition coefficient (Wildman–Crippen LogP) is 4.03. The Bertz CT molecular complexity index is 1160. The number of nitrogens with one attached hydrogen (secondary N) is 1. The molecule has 2 aromatic heterocycles. The molecule has 0 amide bonds. The molecule has 0 unspecified atom stereocenters. The molecule has 8 heteroatoms. The molecule has 3 heterocycles. The number of H-pyrrole nitrogens is 1. The summed E-state index contributed by atoms with van der Waals surface area (Å²) in [5, 5.41) is 8.24. The average molecular weight is 378 g/mol. The zero-order valence-electron chi connectivity index (χ0n) is 14.8. The lowest BCUT2D eigenvalue weighted by Crippen LogP contribution is -2.26. The van der Waals surface area contributed by atoms with Crippen LogP contribution in [0.1, 0.15) is 24.7 Å². The summed E-state index contributed by atoms with van der Waals surface area (Å²) in [4.78, 5) is 14.5. The topological polar surface area (TPSA) is 70.6 Å². The summed E-state index contributed by atoms with van der Waals surface area (Å²) >= 11 is 0. The van der Waals surface area contributed by atoms with Gasteiger partial charge in [-0.15, -0.1) is 5.10 Å². The summed E-state index contributed by atoms with van der Waals surface area (Å²) in [6.45, 7) is 0.754. The number of aromatic nitrogens is 5. The van der Waals surface area contributed by atoms with Crippen molar-refractivity contribution >= 4 is 17.0 Å². The van der Waals surface area contributed by atoms with E-state index in [1.54, 1.807) is 18.2 Å². The van der Waals surface area contributed by atoms with Crippen molar-refractivity contribution < 1.29 is 8.78 Å². The lowest BCUT2D eigenvalue weighted by Gasteiger charge is -2.22. The van der Waals surface area contributed by atoms with Gasteiger partial charge in [-0.3, -0.25) is 0 Å². The smallest absolute Gasteiger partial charge is 0.246 e. The van der Waals surface area contributed by atoms with Gasteiger partial charge in [-0.2, -0.15) is 5.10 Å². The lowest BCUT2D eigenvalue weighted by molar-refractivity contribution is 0.628. The van der Waals surface area contributed by atoms with Crippen molar-refractivity contribution in [1.29, 1.82) is 0 Å². The highest BCUT2D eigenvalue weighted by molar-refractivity contribution is 5.75. The van der Waals surface area contributed by atoms with Crippen LogP contribution in [0.4, 0.5) is 14.7 Å². The van der Waals surface area contributed by atoms with E-state index in [1.165, 1.54) is 30.5 Å². The molecule has 0 saturated carbocycles. The highest BCUT2D eigenvalue weighted by Crippen LogP contribution is 2.34. The zero-order valence-corrected chi connectivity index (χ0v) is 14.8. The summed E-state index contributed by atoms with van der Waals surface area (Å²) in [7, 11) is 0. The van der Waals surface area contributed by atoms with Crippen LogP contribution >= 0.6 is 0 Å². The normalized spacial score (nSPS) is 16.8. The van der Waals surface area contributed by atoms with E-state index < -0.39 is 0 Å². The summed E-state index contributed by atoms with van der Waals surface area (Å²) in [6.07, 6.45) is 3.34. The monoisotopic (exact) mass is 378 g/mol. The molecule has 1 N–H and O–H groups in total. The third-order valence-electron chi connectivity index (χ3n) is 4.96. The van der Waals surface area contributed by atoms with Gasteiger partial charge in [-0.25, -0.2) is 18.7 Å². The first kappa shape index (κ1) is 16.7. The van der Waals surface area contributed by atoms with Gasteiger partial charge in [-0.1, -0.05) is 12.1 Å². The van der Waals surface area contributed by atoms with Crippen LogP contribution in [0.3, 0.4) is 0 Å². The summed E-state index contributed by atoms with van der Waals surface area (Å²) < 4.78 is 27.0. The van der Waals surface area contributed by atoms with Crippen LogP contribution in [0.2, 0.25) is 0 Å². The van der Waals surface area contributed by atoms with Crippen molar-refractivity contribution in [1.82, 2.24) is 25.1 Å². The second-order valence-corrected chi connectivity index (χ2v) is 6.79. The van der Waals surface area contributed by atoms with Crippen LogP contribution in [-0.2, 0) is 0 Å². The highest BCUT2D eigenvalue weighted by atomic mass is 19.1. The van der Waals surface area contributed by atoms with Crippen molar-refractivity contribution in [2.75, 3.05) is 11.4 Å². The molecular weight excluding hydrogens is 362 g/mol. The highest BCUT2D eigenvalue weighted by Gasteiger charge is 2.31. The Morgan fingerprint density at radius 1 is 1.04 bits per heavy atom. The lowest BCUT2D eigenvalue weighted by atomic mass is 10.1. The number of rotatable bonds is 3. The van der Waals surface area contributed by atoms with Crippen molar-refractivity contribution in [3.63, 3.8) is 0 Å². The molecule has 0 bridgehead atoms. The second-order valence-electron chi connectivity index (χ2n) is 6.79.